The van der Waals surface area contributed by atoms with Crippen LogP contribution in [0.2, 0.25) is 10.2 Å². The van der Waals surface area contributed by atoms with E-state index in [1.54, 1.807) is 0 Å². The maximum Gasteiger partial charge on any atom is 0.259 e. The van der Waals surface area contributed by atoms with Gasteiger partial charge in [-0.1, -0.05) is 23.2 Å². The van der Waals surface area contributed by atoms with Crippen molar-refractivity contribution < 1.29 is 9.18 Å². The molecule has 2 rings (SSSR count). The van der Waals surface area contributed by atoms with Crippen molar-refractivity contribution in [2.45, 2.75) is 0 Å². The molecule has 0 bridgehead atoms. The molecule has 0 saturated heterocycles. The third-order valence-corrected chi connectivity index (χ3v) is 2.96. The molecule has 0 aliphatic rings. The molecule has 0 radical (unpaired) electrons. The summed E-state index contributed by atoms with van der Waals surface area (Å²) in [5.74, 6) is -1.45. The minimum Gasteiger partial charge on any atom is -0.399 e. The second-order valence-corrected chi connectivity index (χ2v) is 4.26. The zero-order chi connectivity index (χ0) is 14.0. The Morgan fingerprint density at radius 3 is 2.79 bits per heavy atom. The molecule has 1 heterocycles. The third kappa shape index (κ3) is 2.91. The number of anilines is 2. The monoisotopic (exact) mass is 300 g/mol. The van der Waals surface area contributed by atoms with Crippen LogP contribution < -0.4 is 11.1 Å². The van der Waals surface area contributed by atoms with Crippen LogP contribution in [0.15, 0.2) is 24.5 Å². The van der Waals surface area contributed by atoms with Gasteiger partial charge < -0.3 is 11.1 Å². The highest BCUT2D eigenvalue weighted by Crippen LogP contribution is 2.26. The smallest absolute Gasteiger partial charge is 0.259 e. The molecule has 2 aromatic rings. The molecule has 0 aliphatic carbocycles. The van der Waals surface area contributed by atoms with Crippen LogP contribution in [-0.4, -0.2) is 15.9 Å². The van der Waals surface area contributed by atoms with Gasteiger partial charge in [0, 0.05) is 5.69 Å². The number of carbonyl (C=O) groups excluding carboxylic acids is 1. The largest absolute Gasteiger partial charge is 0.399 e. The molecule has 0 unspecified atom stereocenters. The number of benzene rings is 1. The van der Waals surface area contributed by atoms with Gasteiger partial charge >= 0.3 is 0 Å². The number of nitrogen functional groups attached to an aromatic ring is 1. The van der Waals surface area contributed by atoms with Gasteiger partial charge in [0.2, 0.25) is 0 Å². The summed E-state index contributed by atoms with van der Waals surface area (Å²) < 4.78 is 13.5. The van der Waals surface area contributed by atoms with Gasteiger partial charge in [-0.05, 0) is 18.2 Å². The Morgan fingerprint density at radius 1 is 1.32 bits per heavy atom. The van der Waals surface area contributed by atoms with Crippen molar-refractivity contribution in [3.8, 4) is 0 Å². The van der Waals surface area contributed by atoms with Crippen molar-refractivity contribution in [3.63, 3.8) is 0 Å². The lowest BCUT2D eigenvalue weighted by Crippen LogP contribution is -2.15. The Morgan fingerprint density at radius 2 is 2.05 bits per heavy atom. The third-order valence-electron chi connectivity index (χ3n) is 2.21. The lowest BCUT2D eigenvalue weighted by molar-refractivity contribution is 0.102. The van der Waals surface area contributed by atoms with Crippen molar-refractivity contribution in [2.75, 3.05) is 11.1 Å². The maximum absolute atomic E-state index is 13.5. The molecule has 98 valence electrons. The summed E-state index contributed by atoms with van der Waals surface area (Å²) in [6.07, 6.45) is 1.12. The van der Waals surface area contributed by atoms with Gasteiger partial charge in [0.25, 0.3) is 5.91 Å². The highest BCUT2D eigenvalue weighted by molar-refractivity contribution is 6.43. The summed E-state index contributed by atoms with van der Waals surface area (Å²) in [5.41, 5.74) is 5.54. The summed E-state index contributed by atoms with van der Waals surface area (Å²) in [4.78, 5) is 19.3. The fourth-order valence-corrected chi connectivity index (χ4v) is 1.61. The SMILES string of the molecule is Nc1ccc(F)c(C(=O)Nc2ncnc(Cl)c2Cl)c1. The molecule has 1 aromatic heterocycles. The molecule has 0 saturated carbocycles. The first-order valence-corrected chi connectivity index (χ1v) is 5.77. The second-order valence-electron chi connectivity index (χ2n) is 3.52. The van der Waals surface area contributed by atoms with E-state index in [9.17, 15) is 9.18 Å². The minimum absolute atomic E-state index is 0.00603. The number of carbonyl (C=O) groups is 1. The normalized spacial score (nSPS) is 10.3. The predicted molar refractivity (Wildman–Crippen MR) is 70.8 cm³/mol. The number of hydrogen-bond acceptors (Lipinski definition) is 4. The molecule has 0 spiro atoms. The minimum atomic E-state index is -0.735. The van der Waals surface area contributed by atoms with Crippen LogP contribution in [0, 0.1) is 5.82 Å². The average Bonchev–Trinajstić information content (AvgIpc) is 2.38. The van der Waals surface area contributed by atoms with Crippen LogP contribution in [-0.2, 0) is 0 Å². The Labute approximate surface area is 117 Å². The molecular formula is C11H7Cl2FN4O. The number of nitrogens with zero attached hydrogens (tertiary/aromatic N) is 2. The molecule has 1 aromatic carbocycles. The first kappa shape index (κ1) is 13.5. The number of halogens is 3. The Bertz CT molecular complexity index is 651. The first-order valence-electron chi connectivity index (χ1n) is 5.01. The zero-order valence-electron chi connectivity index (χ0n) is 9.32. The van der Waals surface area contributed by atoms with Crippen LogP contribution in [0.3, 0.4) is 0 Å². The van der Waals surface area contributed by atoms with Gasteiger partial charge in [-0.2, -0.15) is 0 Å². The second kappa shape index (κ2) is 5.38. The molecular weight excluding hydrogens is 294 g/mol. The van der Waals surface area contributed by atoms with Gasteiger partial charge in [-0.3, -0.25) is 4.79 Å². The van der Waals surface area contributed by atoms with E-state index in [1.165, 1.54) is 12.1 Å². The van der Waals surface area contributed by atoms with E-state index in [2.05, 4.69) is 15.3 Å². The number of aromatic nitrogens is 2. The van der Waals surface area contributed by atoms with Crippen LogP contribution in [0.4, 0.5) is 15.9 Å². The van der Waals surface area contributed by atoms with E-state index in [4.69, 9.17) is 28.9 Å². The predicted octanol–water partition coefficient (Wildman–Crippen LogP) is 2.76. The summed E-state index contributed by atoms with van der Waals surface area (Å²) in [6, 6.07) is 3.65. The highest BCUT2D eigenvalue weighted by atomic mass is 35.5. The topological polar surface area (TPSA) is 80.9 Å². The molecule has 3 N–H and O–H groups in total. The van der Waals surface area contributed by atoms with Crippen LogP contribution in [0.25, 0.3) is 0 Å². The standard InChI is InChI=1S/C11H7Cl2FN4O/c12-8-9(13)16-4-17-10(8)18-11(19)6-3-5(15)1-2-7(6)14/h1-4H,15H2,(H,16,17,18,19). The van der Waals surface area contributed by atoms with Gasteiger partial charge in [0.15, 0.2) is 11.0 Å². The van der Waals surface area contributed by atoms with Gasteiger partial charge in [0.05, 0.1) is 5.56 Å². The zero-order valence-corrected chi connectivity index (χ0v) is 10.8. The molecule has 1 amide bonds. The van der Waals surface area contributed by atoms with Gasteiger partial charge in [-0.25, -0.2) is 14.4 Å². The van der Waals surface area contributed by atoms with E-state index in [0.29, 0.717) is 0 Å². The highest BCUT2D eigenvalue weighted by Gasteiger charge is 2.15. The van der Waals surface area contributed by atoms with E-state index >= 15 is 0 Å². The summed E-state index contributed by atoms with van der Waals surface area (Å²) in [6.45, 7) is 0. The van der Waals surface area contributed by atoms with Gasteiger partial charge in [0.1, 0.15) is 17.2 Å². The Kier molecular flexibility index (Phi) is 3.82. The number of nitrogens with two attached hydrogens (primary N) is 1. The Balaban J connectivity index is 2.31. The van der Waals surface area contributed by atoms with Gasteiger partial charge in [-0.15, -0.1) is 0 Å². The van der Waals surface area contributed by atoms with Crippen LogP contribution in [0.1, 0.15) is 10.4 Å². The maximum atomic E-state index is 13.5. The number of amides is 1. The molecule has 5 nitrogen and oxygen atoms in total. The first-order chi connectivity index (χ1) is 8.99. The molecule has 0 atom stereocenters. The molecule has 19 heavy (non-hydrogen) atoms. The number of nitrogens with one attached hydrogen (secondary N) is 1. The van der Waals surface area contributed by atoms with Crippen molar-refractivity contribution >= 4 is 40.6 Å². The quantitative estimate of drug-likeness (QED) is 0.660. The van der Waals surface area contributed by atoms with Crippen molar-refractivity contribution in [1.82, 2.24) is 9.97 Å². The fourth-order valence-electron chi connectivity index (χ4n) is 1.33. The van der Waals surface area contributed by atoms with Crippen molar-refractivity contribution in [1.29, 1.82) is 0 Å². The van der Waals surface area contributed by atoms with E-state index in [0.717, 1.165) is 12.4 Å². The number of hydrogen-bond donors (Lipinski definition) is 2. The summed E-state index contributed by atoms with van der Waals surface area (Å²) in [5, 5.41) is 2.29. The summed E-state index contributed by atoms with van der Waals surface area (Å²) in [7, 11) is 0. The van der Waals surface area contributed by atoms with Crippen LogP contribution >= 0.6 is 23.2 Å². The lowest BCUT2D eigenvalue weighted by atomic mass is 10.2. The molecule has 8 heteroatoms. The van der Waals surface area contributed by atoms with E-state index in [-0.39, 0.29) is 27.2 Å². The fraction of sp³-hybridized carbons (Fsp3) is 0. The van der Waals surface area contributed by atoms with E-state index in [1.807, 2.05) is 0 Å². The molecule has 0 aliphatic heterocycles. The van der Waals surface area contributed by atoms with Crippen molar-refractivity contribution in [2.24, 2.45) is 0 Å². The average molecular weight is 301 g/mol. The number of rotatable bonds is 2. The van der Waals surface area contributed by atoms with Crippen LogP contribution in [0.5, 0.6) is 0 Å². The summed E-state index contributed by atoms with van der Waals surface area (Å²) >= 11 is 11.5. The van der Waals surface area contributed by atoms with Crippen molar-refractivity contribution in [3.05, 3.63) is 46.1 Å². The Hall–Kier alpha value is -1.92. The lowest BCUT2D eigenvalue weighted by Gasteiger charge is -2.07. The molecule has 0 fully saturated rings. The van der Waals surface area contributed by atoms with E-state index < -0.39 is 11.7 Å².